The Balaban J connectivity index is 1.63. The van der Waals surface area contributed by atoms with Crippen LogP contribution in [0.25, 0.3) is 11.1 Å². The van der Waals surface area contributed by atoms with Gasteiger partial charge in [0.1, 0.15) is 12.6 Å². The lowest BCUT2D eigenvalue weighted by atomic mass is 9.98. The Hall–Kier alpha value is -3.39. The van der Waals surface area contributed by atoms with Crippen LogP contribution in [0.4, 0.5) is 4.79 Å². The summed E-state index contributed by atoms with van der Waals surface area (Å²) in [7, 11) is 1.31. The number of likely N-dealkylation sites (N-methyl/N-ethyl adjacent to an activating group) is 1. The highest BCUT2D eigenvalue weighted by Gasteiger charge is 2.30. The van der Waals surface area contributed by atoms with Crippen molar-refractivity contribution < 1.29 is 29.1 Å². The van der Waals surface area contributed by atoms with E-state index >= 15 is 0 Å². The normalized spacial score (nSPS) is 13.1. The lowest BCUT2D eigenvalue weighted by Gasteiger charge is -2.23. The first-order chi connectivity index (χ1) is 14.9. The molecule has 8 nitrogen and oxygen atoms in total. The van der Waals surface area contributed by atoms with Crippen LogP contribution in [-0.4, -0.2) is 54.4 Å². The van der Waals surface area contributed by atoms with Crippen molar-refractivity contribution in [1.29, 1.82) is 0 Å². The van der Waals surface area contributed by atoms with E-state index in [-0.39, 0.29) is 12.5 Å². The molecule has 31 heavy (non-hydrogen) atoms. The van der Waals surface area contributed by atoms with Crippen molar-refractivity contribution in [1.82, 2.24) is 10.4 Å². The van der Waals surface area contributed by atoms with Gasteiger partial charge in [-0.05, 0) is 28.7 Å². The van der Waals surface area contributed by atoms with Gasteiger partial charge in [-0.2, -0.15) is 0 Å². The Kier molecular flexibility index (Phi) is 7.25. The van der Waals surface area contributed by atoms with Crippen LogP contribution in [0.3, 0.4) is 0 Å². The number of aliphatic carboxylic acids is 1. The zero-order valence-electron chi connectivity index (χ0n) is 17.5. The molecule has 2 aromatic rings. The molecule has 1 aliphatic rings. The number of benzene rings is 2. The third-order valence-electron chi connectivity index (χ3n) is 5.20. The summed E-state index contributed by atoms with van der Waals surface area (Å²) in [5, 5.41) is 12.1. The second kappa shape index (κ2) is 10.1. The van der Waals surface area contributed by atoms with Crippen LogP contribution in [0.2, 0.25) is 0 Å². The van der Waals surface area contributed by atoms with Crippen molar-refractivity contribution >= 4 is 18.0 Å². The van der Waals surface area contributed by atoms with E-state index in [1.807, 2.05) is 43.3 Å². The quantitative estimate of drug-likeness (QED) is 0.597. The smallest absolute Gasteiger partial charge is 0.407 e. The molecule has 0 spiro atoms. The van der Waals surface area contributed by atoms with Crippen molar-refractivity contribution in [3.05, 3.63) is 59.7 Å². The molecule has 0 aliphatic heterocycles. The average molecular weight is 426 g/mol. The first kappa shape index (κ1) is 22.3. The van der Waals surface area contributed by atoms with Gasteiger partial charge in [-0.1, -0.05) is 61.9 Å². The number of ether oxygens (including phenoxy) is 1. The van der Waals surface area contributed by atoms with E-state index in [0.29, 0.717) is 12.8 Å². The van der Waals surface area contributed by atoms with Gasteiger partial charge in [0.25, 0.3) is 5.91 Å². The van der Waals surface area contributed by atoms with Crippen LogP contribution in [-0.2, 0) is 19.2 Å². The fourth-order valence-electron chi connectivity index (χ4n) is 3.76. The number of carbonyl (C=O) groups excluding carboxylic acids is 2. The lowest BCUT2D eigenvalue weighted by Crippen LogP contribution is -2.48. The molecular formula is C23H26N2O6. The maximum Gasteiger partial charge on any atom is 0.407 e. The average Bonchev–Trinajstić information content (AvgIpc) is 3.09. The van der Waals surface area contributed by atoms with Crippen molar-refractivity contribution in [3.8, 4) is 11.1 Å². The number of alkyl carbamates (subject to hydrolysis) is 1. The zero-order valence-corrected chi connectivity index (χ0v) is 17.5. The van der Waals surface area contributed by atoms with Gasteiger partial charge >= 0.3 is 12.1 Å². The number of nitrogens with one attached hydrogen (secondary N) is 1. The number of hydroxylamine groups is 2. The molecule has 0 bridgehead atoms. The number of hydrogen-bond acceptors (Lipinski definition) is 5. The highest BCUT2D eigenvalue weighted by molar-refractivity contribution is 5.85. The number of carbonyl (C=O) groups is 3. The number of hydrogen-bond donors (Lipinski definition) is 2. The third-order valence-corrected chi connectivity index (χ3v) is 5.20. The molecule has 0 saturated heterocycles. The van der Waals surface area contributed by atoms with E-state index in [1.165, 1.54) is 7.05 Å². The minimum absolute atomic E-state index is 0.0833. The molecule has 3 rings (SSSR count). The summed E-state index contributed by atoms with van der Waals surface area (Å²) >= 11 is 0. The van der Waals surface area contributed by atoms with Crippen LogP contribution in [0.5, 0.6) is 0 Å². The molecule has 164 valence electrons. The molecule has 0 aromatic heterocycles. The second-order valence-electron chi connectivity index (χ2n) is 7.31. The fraction of sp³-hybridized carbons (Fsp3) is 0.348. The summed E-state index contributed by atoms with van der Waals surface area (Å²) in [5.41, 5.74) is 4.45. The lowest BCUT2D eigenvalue weighted by molar-refractivity contribution is -0.187. The molecule has 1 atom stereocenters. The number of nitrogens with zero attached hydrogens (tertiary/aromatic N) is 1. The SMILES string of the molecule is CCC[C@H](NC(=O)OCC1c2ccccc2-c2ccccc21)C(=O)N(C)OCC(=O)O. The van der Waals surface area contributed by atoms with E-state index < -0.39 is 30.6 Å². The highest BCUT2D eigenvalue weighted by atomic mass is 16.7. The van der Waals surface area contributed by atoms with E-state index in [4.69, 9.17) is 14.7 Å². The Morgan fingerprint density at radius 2 is 1.65 bits per heavy atom. The van der Waals surface area contributed by atoms with Crippen LogP contribution in [0, 0.1) is 0 Å². The first-order valence-electron chi connectivity index (χ1n) is 10.2. The minimum atomic E-state index is -1.20. The second-order valence-corrected chi connectivity index (χ2v) is 7.31. The molecule has 8 heteroatoms. The molecule has 2 N–H and O–H groups in total. The standard InChI is InChI=1S/C23H26N2O6/c1-3-8-20(22(28)25(2)31-14-21(26)27)24-23(29)30-13-19-17-11-6-4-9-15(17)16-10-5-7-12-18(16)19/h4-7,9-12,19-20H,3,8,13-14H2,1-2H3,(H,24,29)(H,26,27)/t20-/m0/s1. The Labute approximate surface area is 180 Å². The van der Waals surface area contributed by atoms with Crippen molar-refractivity contribution in [3.63, 3.8) is 0 Å². The maximum atomic E-state index is 12.5. The van der Waals surface area contributed by atoms with E-state index in [2.05, 4.69) is 17.4 Å². The van der Waals surface area contributed by atoms with Gasteiger partial charge in [-0.3, -0.25) is 9.63 Å². The molecule has 0 saturated carbocycles. The van der Waals surface area contributed by atoms with Crippen molar-refractivity contribution in [2.24, 2.45) is 0 Å². The predicted molar refractivity (Wildman–Crippen MR) is 113 cm³/mol. The molecule has 0 heterocycles. The van der Waals surface area contributed by atoms with Crippen molar-refractivity contribution in [2.75, 3.05) is 20.3 Å². The monoisotopic (exact) mass is 426 g/mol. The topological polar surface area (TPSA) is 105 Å². The van der Waals surface area contributed by atoms with Gasteiger partial charge in [0.15, 0.2) is 6.61 Å². The summed E-state index contributed by atoms with van der Waals surface area (Å²) in [6.07, 6.45) is 0.289. The molecule has 2 amide bonds. The number of amides is 2. The third kappa shape index (κ3) is 5.21. The number of rotatable bonds is 9. The Morgan fingerprint density at radius 1 is 1.06 bits per heavy atom. The Bertz CT molecular complexity index is 915. The molecule has 0 unspecified atom stereocenters. The molecule has 0 radical (unpaired) electrons. The summed E-state index contributed by atoms with van der Waals surface area (Å²) < 4.78 is 5.49. The Morgan fingerprint density at radius 3 is 2.19 bits per heavy atom. The van der Waals surface area contributed by atoms with Gasteiger partial charge in [0, 0.05) is 13.0 Å². The van der Waals surface area contributed by atoms with Gasteiger partial charge in [0.2, 0.25) is 0 Å². The van der Waals surface area contributed by atoms with Crippen LogP contribution in [0.15, 0.2) is 48.5 Å². The van der Waals surface area contributed by atoms with Crippen LogP contribution >= 0.6 is 0 Å². The molecule has 0 fully saturated rings. The number of fused-ring (bicyclic) bond motifs is 3. The predicted octanol–water partition coefficient (Wildman–Crippen LogP) is 3.17. The van der Waals surface area contributed by atoms with Gasteiger partial charge < -0.3 is 15.2 Å². The number of carboxylic acid groups (broad SMARTS) is 1. The molecular weight excluding hydrogens is 400 g/mol. The largest absolute Gasteiger partial charge is 0.479 e. The van der Waals surface area contributed by atoms with E-state index in [0.717, 1.165) is 27.3 Å². The highest BCUT2D eigenvalue weighted by Crippen LogP contribution is 2.44. The van der Waals surface area contributed by atoms with Gasteiger partial charge in [-0.15, -0.1) is 0 Å². The number of carboxylic acids is 1. The van der Waals surface area contributed by atoms with E-state index in [9.17, 15) is 14.4 Å². The van der Waals surface area contributed by atoms with E-state index in [1.54, 1.807) is 0 Å². The maximum absolute atomic E-state index is 12.5. The van der Waals surface area contributed by atoms with Crippen LogP contribution in [0.1, 0.15) is 36.8 Å². The zero-order chi connectivity index (χ0) is 22.4. The molecule has 1 aliphatic carbocycles. The first-order valence-corrected chi connectivity index (χ1v) is 10.2. The van der Waals surface area contributed by atoms with Crippen LogP contribution < -0.4 is 5.32 Å². The summed E-state index contributed by atoms with van der Waals surface area (Å²) in [4.78, 5) is 40.5. The fourth-order valence-corrected chi connectivity index (χ4v) is 3.76. The summed E-state index contributed by atoms with van der Waals surface area (Å²) in [5.74, 6) is -1.83. The van der Waals surface area contributed by atoms with Gasteiger partial charge in [-0.25, -0.2) is 14.7 Å². The van der Waals surface area contributed by atoms with Gasteiger partial charge in [0.05, 0.1) is 0 Å². The minimum Gasteiger partial charge on any atom is -0.479 e. The summed E-state index contributed by atoms with van der Waals surface area (Å²) in [6, 6.07) is 15.2. The summed E-state index contributed by atoms with van der Waals surface area (Å²) in [6.45, 7) is 1.36. The van der Waals surface area contributed by atoms with Crippen molar-refractivity contribution in [2.45, 2.75) is 31.7 Å². The molecule has 2 aromatic carbocycles.